The number of nitrogens with zero attached hydrogens (tertiary/aromatic N) is 2. The second-order valence-corrected chi connectivity index (χ2v) is 4.79. The first kappa shape index (κ1) is 11.6. The highest BCUT2D eigenvalue weighted by molar-refractivity contribution is 5.59. The smallest absolute Gasteiger partial charge is 0.120 e. The van der Waals surface area contributed by atoms with Gasteiger partial charge in [-0.3, -0.25) is 0 Å². The molecule has 0 saturated carbocycles. The van der Waals surface area contributed by atoms with Gasteiger partial charge in [0, 0.05) is 5.56 Å². The fourth-order valence-corrected chi connectivity index (χ4v) is 1.47. The summed E-state index contributed by atoms with van der Waals surface area (Å²) < 4.78 is 5.75. The first-order valence-corrected chi connectivity index (χ1v) is 5.54. The molecule has 0 amide bonds. The van der Waals surface area contributed by atoms with E-state index in [-0.39, 0.29) is 5.60 Å². The van der Waals surface area contributed by atoms with Gasteiger partial charge in [-0.05, 0) is 57.2 Å². The molecule has 1 aromatic carbocycles. The zero-order chi connectivity index (χ0) is 12.3. The molecule has 0 aliphatic rings. The molecule has 0 aliphatic carbocycles. The van der Waals surface area contributed by atoms with Crippen molar-refractivity contribution in [1.29, 1.82) is 0 Å². The quantitative estimate of drug-likeness (QED) is 0.790. The standard InChI is InChI=1S/C14H15N2O/c1-14(2,3)17-12-8-6-11(7-9-12)13-5-4-10-15-16-13/h4-9H,1-3H3. The van der Waals surface area contributed by atoms with Gasteiger partial charge in [-0.2, -0.15) is 0 Å². The minimum atomic E-state index is -0.178. The van der Waals surface area contributed by atoms with Crippen LogP contribution in [0.3, 0.4) is 0 Å². The summed E-state index contributed by atoms with van der Waals surface area (Å²) in [5.41, 5.74) is 1.68. The highest BCUT2D eigenvalue weighted by Gasteiger charge is 2.11. The number of rotatable bonds is 2. The average Bonchev–Trinajstić information content (AvgIpc) is 2.29. The Bertz CT molecular complexity index is 472. The van der Waals surface area contributed by atoms with E-state index < -0.39 is 0 Å². The lowest BCUT2D eigenvalue weighted by Crippen LogP contribution is -2.22. The van der Waals surface area contributed by atoms with E-state index in [2.05, 4.69) is 16.4 Å². The SMILES string of the molecule is CC(C)(C)Oc1ccc(-c2cc[c]nn2)cc1. The van der Waals surface area contributed by atoms with Crippen molar-refractivity contribution >= 4 is 0 Å². The van der Waals surface area contributed by atoms with Crippen LogP contribution in [-0.2, 0) is 0 Å². The van der Waals surface area contributed by atoms with E-state index >= 15 is 0 Å². The maximum absolute atomic E-state index is 5.75. The molecule has 0 spiro atoms. The topological polar surface area (TPSA) is 35.0 Å². The Morgan fingerprint density at radius 3 is 2.29 bits per heavy atom. The van der Waals surface area contributed by atoms with Gasteiger partial charge in [-0.25, -0.2) is 0 Å². The molecule has 0 saturated heterocycles. The summed E-state index contributed by atoms with van der Waals surface area (Å²) in [6.07, 6.45) is 2.66. The van der Waals surface area contributed by atoms with E-state index in [1.165, 1.54) is 0 Å². The number of aromatic nitrogens is 2. The van der Waals surface area contributed by atoms with Crippen molar-refractivity contribution in [3.8, 4) is 17.0 Å². The largest absolute Gasteiger partial charge is 0.488 e. The van der Waals surface area contributed by atoms with Crippen LogP contribution in [0.25, 0.3) is 11.3 Å². The van der Waals surface area contributed by atoms with Crippen LogP contribution in [0.15, 0.2) is 36.4 Å². The fraction of sp³-hybridized carbons (Fsp3) is 0.286. The van der Waals surface area contributed by atoms with E-state index in [9.17, 15) is 0 Å². The number of ether oxygens (including phenoxy) is 1. The van der Waals surface area contributed by atoms with Crippen LogP contribution in [-0.4, -0.2) is 15.8 Å². The molecule has 3 heteroatoms. The fourth-order valence-electron chi connectivity index (χ4n) is 1.47. The average molecular weight is 227 g/mol. The van der Waals surface area contributed by atoms with E-state index in [1.54, 1.807) is 6.07 Å². The molecule has 2 rings (SSSR count). The highest BCUT2D eigenvalue weighted by atomic mass is 16.5. The highest BCUT2D eigenvalue weighted by Crippen LogP contribution is 2.22. The van der Waals surface area contributed by atoms with Gasteiger partial charge in [-0.1, -0.05) is 0 Å². The molecule has 0 aliphatic heterocycles. The third-order valence-corrected chi connectivity index (χ3v) is 2.11. The maximum Gasteiger partial charge on any atom is 0.120 e. The van der Waals surface area contributed by atoms with Gasteiger partial charge in [0.2, 0.25) is 0 Å². The molecule has 2 aromatic rings. The van der Waals surface area contributed by atoms with Crippen molar-refractivity contribution in [2.24, 2.45) is 0 Å². The Kier molecular flexibility index (Phi) is 3.09. The molecule has 1 heterocycles. The summed E-state index contributed by atoms with van der Waals surface area (Å²) in [6.45, 7) is 6.08. The predicted octanol–water partition coefficient (Wildman–Crippen LogP) is 3.12. The first-order valence-electron chi connectivity index (χ1n) is 5.54. The zero-order valence-electron chi connectivity index (χ0n) is 10.3. The van der Waals surface area contributed by atoms with Crippen molar-refractivity contribution in [3.05, 3.63) is 42.6 Å². The van der Waals surface area contributed by atoms with E-state index in [0.29, 0.717) is 0 Å². The minimum absolute atomic E-state index is 0.178. The molecule has 0 atom stereocenters. The Hall–Kier alpha value is -1.90. The molecule has 1 aromatic heterocycles. The first-order chi connectivity index (χ1) is 8.04. The molecule has 17 heavy (non-hydrogen) atoms. The monoisotopic (exact) mass is 227 g/mol. The number of hydrogen-bond acceptors (Lipinski definition) is 3. The van der Waals surface area contributed by atoms with Crippen LogP contribution in [0, 0.1) is 6.20 Å². The Balaban J connectivity index is 2.19. The molecule has 87 valence electrons. The van der Waals surface area contributed by atoms with Crippen LogP contribution in [0.1, 0.15) is 20.8 Å². The molecule has 0 N–H and O–H groups in total. The van der Waals surface area contributed by atoms with Gasteiger partial charge >= 0.3 is 0 Å². The molecule has 1 radical (unpaired) electrons. The molecular formula is C14H15N2O. The van der Waals surface area contributed by atoms with Crippen LogP contribution in [0.4, 0.5) is 0 Å². The maximum atomic E-state index is 5.75. The third kappa shape index (κ3) is 3.28. The van der Waals surface area contributed by atoms with Gasteiger partial charge < -0.3 is 4.74 Å². The lowest BCUT2D eigenvalue weighted by molar-refractivity contribution is 0.131. The third-order valence-electron chi connectivity index (χ3n) is 2.11. The van der Waals surface area contributed by atoms with E-state index in [1.807, 2.05) is 51.1 Å². The predicted molar refractivity (Wildman–Crippen MR) is 66.7 cm³/mol. The summed E-state index contributed by atoms with van der Waals surface area (Å²) in [5.74, 6) is 0.858. The lowest BCUT2D eigenvalue weighted by Gasteiger charge is -2.21. The van der Waals surface area contributed by atoms with Crippen molar-refractivity contribution in [2.45, 2.75) is 26.4 Å². The molecule has 0 unspecified atom stereocenters. The van der Waals surface area contributed by atoms with Gasteiger partial charge in [0.25, 0.3) is 0 Å². The molecule has 0 fully saturated rings. The van der Waals surface area contributed by atoms with Gasteiger partial charge in [0.05, 0.1) is 5.69 Å². The summed E-state index contributed by atoms with van der Waals surface area (Å²) in [6, 6.07) is 11.5. The number of hydrogen-bond donors (Lipinski definition) is 0. The second-order valence-electron chi connectivity index (χ2n) is 4.79. The van der Waals surface area contributed by atoms with Gasteiger partial charge in [0.1, 0.15) is 17.5 Å². The number of benzene rings is 1. The van der Waals surface area contributed by atoms with Crippen molar-refractivity contribution in [1.82, 2.24) is 10.2 Å². The molecular weight excluding hydrogens is 212 g/mol. The Morgan fingerprint density at radius 2 is 1.76 bits per heavy atom. The Labute approximate surface area is 101 Å². The van der Waals surface area contributed by atoms with Crippen molar-refractivity contribution < 1.29 is 4.74 Å². The zero-order valence-corrected chi connectivity index (χ0v) is 10.3. The Morgan fingerprint density at radius 1 is 1.06 bits per heavy atom. The van der Waals surface area contributed by atoms with Crippen LogP contribution in [0.2, 0.25) is 0 Å². The van der Waals surface area contributed by atoms with Crippen molar-refractivity contribution in [2.75, 3.05) is 0 Å². The lowest BCUT2D eigenvalue weighted by atomic mass is 10.1. The minimum Gasteiger partial charge on any atom is -0.488 e. The second kappa shape index (κ2) is 4.53. The molecule has 0 bridgehead atoms. The summed E-state index contributed by atoms with van der Waals surface area (Å²) >= 11 is 0. The van der Waals surface area contributed by atoms with E-state index in [4.69, 9.17) is 4.74 Å². The summed E-state index contributed by atoms with van der Waals surface area (Å²) in [5, 5.41) is 7.74. The summed E-state index contributed by atoms with van der Waals surface area (Å²) in [7, 11) is 0. The van der Waals surface area contributed by atoms with E-state index in [0.717, 1.165) is 17.0 Å². The van der Waals surface area contributed by atoms with Crippen LogP contribution >= 0.6 is 0 Å². The normalized spacial score (nSPS) is 11.2. The van der Waals surface area contributed by atoms with Crippen LogP contribution < -0.4 is 4.74 Å². The molecule has 3 nitrogen and oxygen atoms in total. The summed E-state index contributed by atoms with van der Waals surface area (Å²) in [4.78, 5) is 0. The van der Waals surface area contributed by atoms with Gasteiger partial charge in [0.15, 0.2) is 0 Å². The van der Waals surface area contributed by atoms with Crippen molar-refractivity contribution in [3.63, 3.8) is 0 Å². The van der Waals surface area contributed by atoms with Crippen LogP contribution in [0.5, 0.6) is 5.75 Å². The van der Waals surface area contributed by atoms with Gasteiger partial charge in [-0.15, -0.1) is 10.2 Å².